The quantitative estimate of drug-likeness (QED) is 0.573. The molecule has 1 saturated carbocycles. The van der Waals surface area contributed by atoms with E-state index >= 15 is 0 Å². The SMILES string of the molecule is CCCCCC1CCC(C(=O)O)CC1.[NaH]. The van der Waals surface area contributed by atoms with Gasteiger partial charge in [-0.15, -0.1) is 0 Å². The van der Waals surface area contributed by atoms with Gasteiger partial charge in [-0.2, -0.15) is 0 Å². The van der Waals surface area contributed by atoms with E-state index in [0.717, 1.165) is 31.6 Å². The minimum absolute atomic E-state index is 0. The van der Waals surface area contributed by atoms with Crippen LogP contribution in [0, 0.1) is 11.8 Å². The predicted octanol–water partition coefficient (Wildman–Crippen LogP) is 2.81. The Morgan fingerprint density at radius 2 is 1.80 bits per heavy atom. The molecule has 0 aromatic heterocycles. The molecule has 0 aromatic carbocycles. The number of hydrogen-bond acceptors (Lipinski definition) is 1. The standard InChI is InChI=1S/C12H22O2.Na.H/c1-2-3-4-5-10-6-8-11(9-7-10)12(13)14;;/h10-11H,2-9H2,1H3,(H,13,14);;. The molecule has 0 heterocycles. The molecule has 1 aliphatic rings. The van der Waals surface area contributed by atoms with E-state index in [1.54, 1.807) is 0 Å². The van der Waals surface area contributed by atoms with Crippen molar-refractivity contribution in [2.45, 2.75) is 58.3 Å². The fourth-order valence-electron chi connectivity index (χ4n) is 2.38. The van der Waals surface area contributed by atoms with E-state index in [1.165, 1.54) is 25.7 Å². The van der Waals surface area contributed by atoms with Crippen molar-refractivity contribution in [1.82, 2.24) is 0 Å². The van der Waals surface area contributed by atoms with Gasteiger partial charge in [0.05, 0.1) is 5.92 Å². The monoisotopic (exact) mass is 222 g/mol. The Kier molecular flexibility index (Phi) is 8.87. The van der Waals surface area contributed by atoms with E-state index in [2.05, 4.69) is 6.92 Å². The first-order chi connectivity index (χ1) is 6.74. The molecule has 0 spiro atoms. The van der Waals surface area contributed by atoms with E-state index < -0.39 is 5.97 Å². The minimum atomic E-state index is -0.586. The molecule has 1 aliphatic carbocycles. The molecule has 0 unspecified atom stereocenters. The summed E-state index contributed by atoms with van der Waals surface area (Å²) >= 11 is 0. The van der Waals surface area contributed by atoms with Gasteiger partial charge in [-0.25, -0.2) is 0 Å². The third-order valence-corrected chi connectivity index (χ3v) is 3.41. The number of hydrogen-bond donors (Lipinski definition) is 1. The number of unbranched alkanes of at least 4 members (excludes halogenated alkanes) is 2. The Hall–Kier alpha value is 0.470. The number of carboxylic acid groups (broad SMARTS) is 1. The van der Waals surface area contributed by atoms with Crippen molar-refractivity contribution < 1.29 is 9.90 Å². The number of rotatable bonds is 5. The van der Waals surface area contributed by atoms with Gasteiger partial charge in [-0.3, -0.25) is 4.79 Å². The van der Waals surface area contributed by atoms with Gasteiger partial charge in [-0.1, -0.05) is 32.6 Å². The molecule has 0 radical (unpaired) electrons. The van der Waals surface area contributed by atoms with Crippen LogP contribution in [0.3, 0.4) is 0 Å². The molecule has 1 fully saturated rings. The van der Waals surface area contributed by atoms with Crippen LogP contribution in [0.15, 0.2) is 0 Å². The van der Waals surface area contributed by atoms with Crippen molar-refractivity contribution in [1.29, 1.82) is 0 Å². The first-order valence-electron chi connectivity index (χ1n) is 5.96. The van der Waals surface area contributed by atoms with Crippen LogP contribution < -0.4 is 0 Å². The fraction of sp³-hybridized carbons (Fsp3) is 0.917. The van der Waals surface area contributed by atoms with Gasteiger partial charge >= 0.3 is 35.5 Å². The maximum atomic E-state index is 10.7. The summed E-state index contributed by atoms with van der Waals surface area (Å²) in [5.41, 5.74) is 0. The average Bonchev–Trinajstić information content (AvgIpc) is 2.19. The van der Waals surface area contributed by atoms with E-state index in [9.17, 15) is 4.79 Å². The van der Waals surface area contributed by atoms with Gasteiger partial charge in [0.1, 0.15) is 0 Å². The maximum absolute atomic E-state index is 10.7. The Morgan fingerprint density at radius 3 is 2.27 bits per heavy atom. The van der Waals surface area contributed by atoms with Crippen LogP contribution in [0.5, 0.6) is 0 Å². The number of carboxylic acids is 1. The van der Waals surface area contributed by atoms with E-state index in [1.807, 2.05) is 0 Å². The van der Waals surface area contributed by atoms with Gasteiger partial charge in [0.25, 0.3) is 0 Å². The zero-order valence-electron chi connectivity index (χ0n) is 9.17. The van der Waals surface area contributed by atoms with Crippen molar-refractivity contribution in [3.63, 3.8) is 0 Å². The summed E-state index contributed by atoms with van der Waals surface area (Å²) in [7, 11) is 0. The molecular weight excluding hydrogens is 199 g/mol. The summed E-state index contributed by atoms with van der Waals surface area (Å²) in [5, 5.41) is 8.84. The van der Waals surface area contributed by atoms with Crippen molar-refractivity contribution in [2.24, 2.45) is 11.8 Å². The molecule has 1 rings (SSSR count). The van der Waals surface area contributed by atoms with Gasteiger partial charge in [-0.05, 0) is 31.6 Å². The molecule has 0 saturated heterocycles. The molecule has 0 aromatic rings. The third-order valence-electron chi connectivity index (χ3n) is 3.41. The second kappa shape index (κ2) is 8.60. The van der Waals surface area contributed by atoms with Crippen LogP contribution in [0.4, 0.5) is 0 Å². The van der Waals surface area contributed by atoms with Crippen LogP contribution in [0.1, 0.15) is 58.3 Å². The summed E-state index contributed by atoms with van der Waals surface area (Å²) in [5.74, 6) is 0.187. The summed E-state index contributed by atoms with van der Waals surface area (Å²) in [6.45, 7) is 2.22. The van der Waals surface area contributed by atoms with Crippen LogP contribution in [0.2, 0.25) is 0 Å². The molecule has 3 heteroatoms. The summed E-state index contributed by atoms with van der Waals surface area (Å²) in [4.78, 5) is 10.7. The zero-order valence-corrected chi connectivity index (χ0v) is 9.17. The van der Waals surface area contributed by atoms with Crippen molar-refractivity contribution in [2.75, 3.05) is 0 Å². The van der Waals surface area contributed by atoms with E-state index in [-0.39, 0.29) is 35.5 Å². The first kappa shape index (κ1) is 15.5. The van der Waals surface area contributed by atoms with Gasteiger partial charge in [0.15, 0.2) is 0 Å². The zero-order chi connectivity index (χ0) is 10.4. The van der Waals surface area contributed by atoms with Crippen LogP contribution in [-0.2, 0) is 4.79 Å². The average molecular weight is 222 g/mol. The molecule has 2 nitrogen and oxygen atoms in total. The van der Waals surface area contributed by atoms with Crippen molar-refractivity contribution in [3.8, 4) is 0 Å². The van der Waals surface area contributed by atoms with Gasteiger partial charge in [0.2, 0.25) is 0 Å². The van der Waals surface area contributed by atoms with E-state index in [4.69, 9.17) is 5.11 Å². The topological polar surface area (TPSA) is 37.3 Å². The Balaban J connectivity index is 0.00000196. The van der Waals surface area contributed by atoms with Gasteiger partial charge in [0, 0.05) is 0 Å². The van der Waals surface area contributed by atoms with Crippen LogP contribution >= 0.6 is 0 Å². The second-order valence-corrected chi connectivity index (χ2v) is 4.55. The summed E-state index contributed by atoms with van der Waals surface area (Å²) in [6.07, 6.45) is 9.36. The molecule has 0 amide bonds. The molecule has 0 bridgehead atoms. The summed E-state index contributed by atoms with van der Waals surface area (Å²) < 4.78 is 0. The molecule has 15 heavy (non-hydrogen) atoms. The van der Waals surface area contributed by atoms with Crippen molar-refractivity contribution in [3.05, 3.63) is 0 Å². The molecule has 0 aliphatic heterocycles. The number of aliphatic carboxylic acids is 1. The molecule has 0 atom stereocenters. The predicted molar refractivity (Wildman–Crippen MR) is 64.4 cm³/mol. The molecule has 1 N–H and O–H groups in total. The van der Waals surface area contributed by atoms with Crippen LogP contribution in [-0.4, -0.2) is 40.6 Å². The Labute approximate surface area is 115 Å². The molecular formula is C12H23NaO2. The number of carbonyl (C=O) groups is 1. The first-order valence-corrected chi connectivity index (χ1v) is 5.96. The van der Waals surface area contributed by atoms with Gasteiger partial charge < -0.3 is 5.11 Å². The second-order valence-electron chi connectivity index (χ2n) is 4.55. The Morgan fingerprint density at radius 1 is 1.20 bits per heavy atom. The van der Waals surface area contributed by atoms with E-state index in [0.29, 0.717) is 0 Å². The Bertz CT molecular complexity index is 174. The summed E-state index contributed by atoms with van der Waals surface area (Å²) in [6, 6.07) is 0. The third kappa shape index (κ3) is 5.94. The normalized spacial score (nSPS) is 25.7. The van der Waals surface area contributed by atoms with Crippen molar-refractivity contribution >= 4 is 35.5 Å². The fourth-order valence-corrected chi connectivity index (χ4v) is 2.38. The molecule has 84 valence electrons. The van der Waals surface area contributed by atoms with Crippen LogP contribution in [0.25, 0.3) is 0 Å².